The van der Waals surface area contributed by atoms with Crippen molar-refractivity contribution >= 4 is 0 Å². The van der Waals surface area contributed by atoms with Crippen molar-refractivity contribution in [1.82, 2.24) is 10.2 Å². The van der Waals surface area contributed by atoms with Gasteiger partial charge in [0.05, 0.1) is 0 Å². The van der Waals surface area contributed by atoms with Crippen molar-refractivity contribution in [3.63, 3.8) is 0 Å². The molecule has 1 aliphatic rings. The molecule has 1 rings (SSSR count). The van der Waals surface area contributed by atoms with E-state index in [0.717, 1.165) is 6.04 Å². The lowest BCUT2D eigenvalue weighted by atomic mass is 10.0. The fraction of sp³-hybridized carbons (Fsp3) is 1.00. The zero-order valence-corrected chi connectivity index (χ0v) is 10.6. The first-order valence-corrected chi connectivity index (χ1v) is 6.83. The molecule has 1 aliphatic heterocycles. The van der Waals surface area contributed by atoms with Crippen LogP contribution in [0.2, 0.25) is 0 Å². The van der Waals surface area contributed by atoms with Crippen molar-refractivity contribution in [2.24, 2.45) is 0 Å². The fourth-order valence-electron chi connectivity index (χ4n) is 2.39. The van der Waals surface area contributed by atoms with E-state index in [0.29, 0.717) is 0 Å². The summed E-state index contributed by atoms with van der Waals surface area (Å²) in [5.74, 6) is 0. The van der Waals surface area contributed by atoms with Gasteiger partial charge in [-0.1, -0.05) is 26.7 Å². The molecular weight excluding hydrogens is 184 g/mol. The van der Waals surface area contributed by atoms with Crippen molar-refractivity contribution in [2.75, 3.05) is 26.2 Å². The predicted molar refractivity (Wildman–Crippen MR) is 67.3 cm³/mol. The second-order valence-corrected chi connectivity index (χ2v) is 4.74. The Morgan fingerprint density at radius 2 is 2.07 bits per heavy atom. The molecule has 1 N–H and O–H groups in total. The van der Waals surface area contributed by atoms with Crippen LogP contribution < -0.4 is 5.32 Å². The van der Waals surface area contributed by atoms with E-state index < -0.39 is 0 Å². The third-order valence-electron chi connectivity index (χ3n) is 3.35. The van der Waals surface area contributed by atoms with Gasteiger partial charge < -0.3 is 5.32 Å². The molecule has 0 amide bonds. The summed E-state index contributed by atoms with van der Waals surface area (Å²) in [5.41, 5.74) is 0. The van der Waals surface area contributed by atoms with Crippen LogP contribution in [0.15, 0.2) is 0 Å². The number of hydrogen-bond donors (Lipinski definition) is 1. The van der Waals surface area contributed by atoms with Crippen LogP contribution in [0.5, 0.6) is 0 Å². The highest BCUT2D eigenvalue weighted by atomic mass is 15.2. The van der Waals surface area contributed by atoms with Crippen LogP contribution >= 0.6 is 0 Å². The van der Waals surface area contributed by atoms with Gasteiger partial charge >= 0.3 is 0 Å². The summed E-state index contributed by atoms with van der Waals surface area (Å²) in [6.07, 6.45) is 8.19. The lowest BCUT2D eigenvalue weighted by molar-refractivity contribution is 0.143. The Morgan fingerprint density at radius 1 is 1.20 bits per heavy atom. The molecule has 0 aliphatic carbocycles. The van der Waals surface area contributed by atoms with Gasteiger partial charge in [-0.25, -0.2) is 0 Å². The van der Waals surface area contributed by atoms with Crippen LogP contribution in [-0.4, -0.2) is 37.1 Å². The average Bonchev–Trinajstić information content (AvgIpc) is 2.28. The SMILES string of the molecule is CCCCN1CCCC[C@@H]1CNCCC. The first-order valence-electron chi connectivity index (χ1n) is 6.83. The number of likely N-dealkylation sites (tertiary alicyclic amines) is 1. The molecule has 1 atom stereocenters. The normalized spacial score (nSPS) is 23.2. The largest absolute Gasteiger partial charge is 0.315 e. The van der Waals surface area contributed by atoms with E-state index in [-0.39, 0.29) is 0 Å². The standard InChI is InChI=1S/C13H28N2/c1-3-5-10-15-11-7-6-8-13(15)12-14-9-4-2/h13-14H,3-12H2,1-2H3/t13-/m1/s1. The summed E-state index contributed by atoms with van der Waals surface area (Å²) in [4.78, 5) is 2.70. The number of hydrogen-bond acceptors (Lipinski definition) is 2. The van der Waals surface area contributed by atoms with Crippen molar-refractivity contribution in [1.29, 1.82) is 0 Å². The Labute approximate surface area is 95.4 Å². The van der Waals surface area contributed by atoms with Gasteiger partial charge in [0, 0.05) is 12.6 Å². The third-order valence-corrected chi connectivity index (χ3v) is 3.35. The number of nitrogens with one attached hydrogen (secondary N) is 1. The van der Waals surface area contributed by atoms with E-state index in [1.54, 1.807) is 0 Å². The smallest absolute Gasteiger partial charge is 0.0220 e. The topological polar surface area (TPSA) is 15.3 Å². The lowest BCUT2D eigenvalue weighted by Gasteiger charge is -2.36. The third kappa shape index (κ3) is 4.98. The van der Waals surface area contributed by atoms with Crippen molar-refractivity contribution in [3.8, 4) is 0 Å². The van der Waals surface area contributed by atoms with Gasteiger partial charge in [0.2, 0.25) is 0 Å². The van der Waals surface area contributed by atoms with Gasteiger partial charge in [-0.15, -0.1) is 0 Å². The maximum Gasteiger partial charge on any atom is 0.0220 e. The van der Waals surface area contributed by atoms with E-state index in [1.165, 1.54) is 64.7 Å². The average molecular weight is 212 g/mol. The zero-order valence-electron chi connectivity index (χ0n) is 10.6. The number of nitrogens with zero attached hydrogens (tertiary/aromatic N) is 1. The summed E-state index contributed by atoms with van der Waals surface area (Å²) < 4.78 is 0. The molecule has 2 nitrogen and oxygen atoms in total. The Kier molecular flexibility index (Phi) is 7.03. The van der Waals surface area contributed by atoms with Gasteiger partial charge in [-0.05, 0) is 45.3 Å². The van der Waals surface area contributed by atoms with Gasteiger partial charge in [-0.2, -0.15) is 0 Å². The molecule has 15 heavy (non-hydrogen) atoms. The highest BCUT2D eigenvalue weighted by molar-refractivity contribution is 4.78. The first kappa shape index (κ1) is 13.0. The molecule has 0 saturated carbocycles. The monoisotopic (exact) mass is 212 g/mol. The van der Waals surface area contributed by atoms with Crippen LogP contribution in [0.4, 0.5) is 0 Å². The minimum atomic E-state index is 0.817. The predicted octanol–water partition coefficient (Wildman–Crippen LogP) is 2.64. The molecule has 0 spiro atoms. The molecule has 1 fully saturated rings. The van der Waals surface area contributed by atoms with E-state index in [1.807, 2.05) is 0 Å². The second kappa shape index (κ2) is 8.12. The highest BCUT2D eigenvalue weighted by Crippen LogP contribution is 2.16. The molecule has 1 heterocycles. The zero-order chi connectivity index (χ0) is 10.9. The van der Waals surface area contributed by atoms with Crippen LogP contribution in [-0.2, 0) is 0 Å². The molecule has 2 heteroatoms. The summed E-state index contributed by atoms with van der Waals surface area (Å²) in [6, 6.07) is 0.817. The van der Waals surface area contributed by atoms with Gasteiger partial charge in [-0.3, -0.25) is 4.90 Å². The summed E-state index contributed by atoms with van der Waals surface area (Å²) in [5, 5.41) is 3.57. The molecule has 0 aromatic carbocycles. The fourth-order valence-corrected chi connectivity index (χ4v) is 2.39. The molecule has 0 radical (unpaired) electrons. The lowest BCUT2D eigenvalue weighted by Crippen LogP contribution is -2.45. The molecular formula is C13H28N2. The number of rotatable bonds is 7. The van der Waals surface area contributed by atoms with Crippen LogP contribution in [0.3, 0.4) is 0 Å². The second-order valence-electron chi connectivity index (χ2n) is 4.74. The number of piperidine rings is 1. The Bertz CT molecular complexity index is 147. The van der Waals surface area contributed by atoms with Crippen molar-refractivity contribution < 1.29 is 0 Å². The molecule has 90 valence electrons. The molecule has 1 saturated heterocycles. The van der Waals surface area contributed by atoms with Gasteiger partial charge in [0.25, 0.3) is 0 Å². The summed E-state index contributed by atoms with van der Waals surface area (Å²) in [7, 11) is 0. The Balaban J connectivity index is 2.22. The van der Waals surface area contributed by atoms with E-state index in [4.69, 9.17) is 0 Å². The minimum absolute atomic E-state index is 0.817. The number of unbranched alkanes of at least 4 members (excludes halogenated alkanes) is 1. The molecule has 0 bridgehead atoms. The summed E-state index contributed by atoms with van der Waals surface area (Å²) >= 11 is 0. The highest BCUT2D eigenvalue weighted by Gasteiger charge is 2.20. The van der Waals surface area contributed by atoms with E-state index in [9.17, 15) is 0 Å². The van der Waals surface area contributed by atoms with Gasteiger partial charge in [0.15, 0.2) is 0 Å². The van der Waals surface area contributed by atoms with Crippen molar-refractivity contribution in [2.45, 2.75) is 58.4 Å². The van der Waals surface area contributed by atoms with Crippen LogP contribution in [0.1, 0.15) is 52.4 Å². The van der Waals surface area contributed by atoms with Gasteiger partial charge in [0.1, 0.15) is 0 Å². The molecule has 0 aromatic heterocycles. The van der Waals surface area contributed by atoms with Crippen molar-refractivity contribution in [3.05, 3.63) is 0 Å². The van der Waals surface area contributed by atoms with E-state index in [2.05, 4.69) is 24.1 Å². The van der Waals surface area contributed by atoms with Crippen LogP contribution in [0, 0.1) is 0 Å². The Morgan fingerprint density at radius 3 is 2.80 bits per heavy atom. The van der Waals surface area contributed by atoms with E-state index >= 15 is 0 Å². The quantitative estimate of drug-likeness (QED) is 0.653. The van der Waals surface area contributed by atoms with Crippen LogP contribution in [0.25, 0.3) is 0 Å². The maximum atomic E-state index is 3.57. The summed E-state index contributed by atoms with van der Waals surface area (Å²) in [6.45, 7) is 9.56. The first-order chi connectivity index (χ1) is 7.38. The molecule has 0 unspecified atom stereocenters. The maximum absolute atomic E-state index is 3.57. The molecule has 0 aromatic rings. The minimum Gasteiger partial charge on any atom is -0.315 e. The Hall–Kier alpha value is -0.0800.